The summed E-state index contributed by atoms with van der Waals surface area (Å²) < 4.78 is 1.12. The minimum atomic E-state index is 0.141. The van der Waals surface area contributed by atoms with Crippen LogP contribution < -0.4 is 4.90 Å². The van der Waals surface area contributed by atoms with Crippen LogP contribution >= 0.6 is 11.3 Å². The maximum absolute atomic E-state index is 13.1. The maximum Gasteiger partial charge on any atom is 0.236 e. The van der Waals surface area contributed by atoms with E-state index in [1.165, 1.54) is 5.56 Å². The van der Waals surface area contributed by atoms with E-state index in [-0.39, 0.29) is 11.8 Å². The molecule has 1 fully saturated rings. The number of thiazole rings is 1. The molecule has 0 atom stereocenters. The Labute approximate surface area is 146 Å². The van der Waals surface area contributed by atoms with Gasteiger partial charge in [0.1, 0.15) is 0 Å². The topological polar surface area (TPSA) is 33.2 Å². The van der Waals surface area contributed by atoms with Gasteiger partial charge in [0.05, 0.1) is 15.9 Å². The van der Waals surface area contributed by atoms with Crippen LogP contribution in [0.5, 0.6) is 0 Å². The summed E-state index contributed by atoms with van der Waals surface area (Å²) in [7, 11) is 0. The SMILES string of the molecule is CCc1cccc(N(C(=O)C2CCC2)c2nc3ccccc3s2)c1. The molecule has 1 aromatic heterocycles. The second kappa shape index (κ2) is 6.36. The standard InChI is InChI=1S/C20H20N2OS/c1-2-14-7-5-10-16(13-14)22(19(23)15-8-6-9-15)20-21-17-11-3-4-12-18(17)24-20/h3-5,7,10-13,15H,2,6,8-9H2,1H3. The first-order chi connectivity index (χ1) is 11.8. The lowest BCUT2D eigenvalue weighted by atomic mass is 9.84. The molecule has 1 aliphatic rings. The zero-order valence-corrected chi connectivity index (χ0v) is 14.6. The predicted octanol–water partition coefficient (Wildman–Crippen LogP) is 5.32. The molecule has 0 radical (unpaired) electrons. The summed E-state index contributed by atoms with van der Waals surface area (Å²) >= 11 is 1.59. The molecule has 4 rings (SSSR count). The molecule has 0 aliphatic heterocycles. The van der Waals surface area contributed by atoms with Crippen LogP contribution in [0.15, 0.2) is 48.5 Å². The summed E-state index contributed by atoms with van der Waals surface area (Å²) in [6, 6.07) is 16.3. The minimum absolute atomic E-state index is 0.141. The van der Waals surface area contributed by atoms with Gasteiger partial charge in [-0.3, -0.25) is 9.69 Å². The van der Waals surface area contributed by atoms with Crippen molar-refractivity contribution in [2.45, 2.75) is 32.6 Å². The van der Waals surface area contributed by atoms with Gasteiger partial charge in [-0.1, -0.05) is 48.9 Å². The number of fused-ring (bicyclic) bond motifs is 1. The maximum atomic E-state index is 13.1. The Hall–Kier alpha value is -2.20. The number of benzene rings is 2. The number of para-hydroxylation sites is 1. The number of aryl methyl sites for hydroxylation is 1. The lowest BCUT2D eigenvalue weighted by Crippen LogP contribution is -2.35. The highest BCUT2D eigenvalue weighted by atomic mass is 32.1. The summed E-state index contributed by atoms with van der Waals surface area (Å²) in [6.07, 6.45) is 4.10. The number of hydrogen-bond donors (Lipinski definition) is 0. The largest absolute Gasteiger partial charge is 0.274 e. The molecule has 0 spiro atoms. The van der Waals surface area contributed by atoms with E-state index in [9.17, 15) is 4.79 Å². The molecule has 24 heavy (non-hydrogen) atoms. The molecule has 0 saturated heterocycles. The molecule has 3 nitrogen and oxygen atoms in total. The van der Waals surface area contributed by atoms with E-state index in [0.29, 0.717) is 0 Å². The summed E-state index contributed by atoms with van der Waals surface area (Å²) in [5, 5.41) is 0.779. The van der Waals surface area contributed by atoms with Gasteiger partial charge < -0.3 is 0 Å². The lowest BCUT2D eigenvalue weighted by Gasteiger charge is -2.30. The molecule has 0 bridgehead atoms. The van der Waals surface area contributed by atoms with E-state index in [4.69, 9.17) is 4.98 Å². The smallest absolute Gasteiger partial charge is 0.236 e. The number of anilines is 2. The third-order valence-corrected chi connectivity index (χ3v) is 5.75. The van der Waals surface area contributed by atoms with Crippen LogP contribution in [0.25, 0.3) is 10.2 Å². The number of amides is 1. The average molecular weight is 336 g/mol. The van der Waals surface area contributed by atoms with E-state index in [1.807, 2.05) is 35.2 Å². The fraction of sp³-hybridized carbons (Fsp3) is 0.300. The first-order valence-electron chi connectivity index (χ1n) is 8.54. The van der Waals surface area contributed by atoms with Crippen LogP contribution in [0.4, 0.5) is 10.8 Å². The Balaban J connectivity index is 1.81. The molecule has 0 N–H and O–H groups in total. The molecule has 0 unspecified atom stereocenters. The predicted molar refractivity (Wildman–Crippen MR) is 99.9 cm³/mol. The number of carbonyl (C=O) groups excluding carboxylic acids is 1. The van der Waals surface area contributed by atoms with Crippen LogP contribution in [0.3, 0.4) is 0 Å². The van der Waals surface area contributed by atoms with Crippen molar-refractivity contribution in [3.05, 3.63) is 54.1 Å². The average Bonchev–Trinajstić information content (AvgIpc) is 2.97. The van der Waals surface area contributed by atoms with Crippen molar-refractivity contribution in [1.29, 1.82) is 0 Å². The fourth-order valence-corrected chi connectivity index (χ4v) is 4.03. The molecule has 1 aliphatic carbocycles. The van der Waals surface area contributed by atoms with Crippen LogP contribution in [0.1, 0.15) is 31.7 Å². The Bertz CT molecular complexity index is 849. The Kier molecular flexibility index (Phi) is 4.07. The van der Waals surface area contributed by atoms with Gasteiger partial charge in [0, 0.05) is 5.92 Å². The molecule has 1 saturated carbocycles. The monoisotopic (exact) mass is 336 g/mol. The normalized spacial score (nSPS) is 14.5. The van der Waals surface area contributed by atoms with Gasteiger partial charge in [0.15, 0.2) is 5.13 Å². The van der Waals surface area contributed by atoms with Crippen LogP contribution in [0, 0.1) is 5.92 Å². The van der Waals surface area contributed by atoms with Crippen molar-refractivity contribution in [3.8, 4) is 0 Å². The lowest BCUT2D eigenvalue weighted by molar-refractivity contribution is -0.123. The molecule has 1 amide bonds. The fourth-order valence-electron chi connectivity index (χ4n) is 3.04. The van der Waals surface area contributed by atoms with Gasteiger partial charge in [0.25, 0.3) is 0 Å². The first kappa shape index (κ1) is 15.3. The Morgan fingerprint density at radius 3 is 2.75 bits per heavy atom. The molecule has 1 heterocycles. The van der Waals surface area contributed by atoms with Crippen molar-refractivity contribution >= 4 is 38.3 Å². The molecule has 122 valence electrons. The van der Waals surface area contributed by atoms with Crippen LogP contribution in [-0.4, -0.2) is 10.9 Å². The Morgan fingerprint density at radius 2 is 2.04 bits per heavy atom. The van der Waals surface area contributed by atoms with Crippen LogP contribution in [-0.2, 0) is 11.2 Å². The van der Waals surface area contributed by atoms with Crippen molar-refractivity contribution in [1.82, 2.24) is 4.98 Å². The molecular formula is C20H20N2OS. The molecule has 3 aromatic rings. The summed E-state index contributed by atoms with van der Waals surface area (Å²) in [5.41, 5.74) is 3.13. The van der Waals surface area contributed by atoms with E-state index >= 15 is 0 Å². The van der Waals surface area contributed by atoms with Crippen molar-refractivity contribution in [2.24, 2.45) is 5.92 Å². The summed E-state index contributed by atoms with van der Waals surface area (Å²) in [6.45, 7) is 2.13. The molecule has 4 heteroatoms. The minimum Gasteiger partial charge on any atom is -0.274 e. The highest BCUT2D eigenvalue weighted by molar-refractivity contribution is 7.22. The number of rotatable bonds is 4. The number of aromatic nitrogens is 1. The van der Waals surface area contributed by atoms with Gasteiger partial charge in [-0.05, 0) is 49.1 Å². The third-order valence-electron chi connectivity index (χ3n) is 4.73. The van der Waals surface area contributed by atoms with Crippen LogP contribution in [0.2, 0.25) is 0 Å². The highest BCUT2D eigenvalue weighted by Gasteiger charge is 2.32. The summed E-state index contributed by atoms with van der Waals surface area (Å²) in [4.78, 5) is 19.7. The van der Waals surface area contributed by atoms with Gasteiger partial charge >= 0.3 is 0 Å². The van der Waals surface area contributed by atoms with Gasteiger partial charge in [0.2, 0.25) is 5.91 Å². The van der Waals surface area contributed by atoms with Gasteiger partial charge in [-0.25, -0.2) is 4.98 Å². The molecular weight excluding hydrogens is 316 g/mol. The van der Waals surface area contributed by atoms with Crippen molar-refractivity contribution < 1.29 is 4.79 Å². The van der Waals surface area contributed by atoms with Gasteiger partial charge in [-0.15, -0.1) is 0 Å². The third kappa shape index (κ3) is 2.71. The second-order valence-electron chi connectivity index (χ2n) is 6.29. The van der Waals surface area contributed by atoms with E-state index in [2.05, 4.69) is 25.1 Å². The van der Waals surface area contributed by atoms with Crippen molar-refractivity contribution in [2.75, 3.05) is 4.90 Å². The van der Waals surface area contributed by atoms with E-state index < -0.39 is 0 Å². The van der Waals surface area contributed by atoms with E-state index in [0.717, 1.165) is 46.7 Å². The number of nitrogens with zero attached hydrogens (tertiary/aromatic N) is 2. The second-order valence-corrected chi connectivity index (χ2v) is 7.30. The quantitative estimate of drug-likeness (QED) is 0.646. The number of hydrogen-bond acceptors (Lipinski definition) is 3. The molecule has 2 aromatic carbocycles. The van der Waals surface area contributed by atoms with Crippen molar-refractivity contribution in [3.63, 3.8) is 0 Å². The first-order valence-corrected chi connectivity index (χ1v) is 9.36. The van der Waals surface area contributed by atoms with E-state index in [1.54, 1.807) is 11.3 Å². The Morgan fingerprint density at radius 1 is 1.21 bits per heavy atom. The number of carbonyl (C=O) groups is 1. The zero-order chi connectivity index (χ0) is 16.5. The zero-order valence-electron chi connectivity index (χ0n) is 13.7. The summed E-state index contributed by atoms with van der Waals surface area (Å²) in [5.74, 6) is 0.329. The van der Waals surface area contributed by atoms with Gasteiger partial charge in [-0.2, -0.15) is 0 Å². The highest BCUT2D eigenvalue weighted by Crippen LogP contribution is 2.38.